The van der Waals surface area contributed by atoms with E-state index in [9.17, 15) is 0 Å². The zero-order valence-corrected chi connectivity index (χ0v) is 12.9. The molecule has 0 bridgehead atoms. The van der Waals surface area contributed by atoms with Crippen LogP contribution in [0.2, 0.25) is 0 Å². The average Bonchev–Trinajstić information content (AvgIpc) is 2.65. The molecule has 1 aromatic carbocycles. The monoisotopic (exact) mass is 276 g/mol. The Morgan fingerprint density at radius 2 is 2.30 bits per heavy atom. The molecule has 0 amide bonds. The van der Waals surface area contributed by atoms with E-state index in [1.807, 2.05) is 6.07 Å². The highest BCUT2D eigenvalue weighted by molar-refractivity contribution is 5.27. The number of ether oxygens (including phenoxy) is 1. The number of benzene rings is 1. The Hall–Kier alpha value is -1.06. The van der Waals surface area contributed by atoms with Crippen LogP contribution in [0.4, 0.5) is 0 Å². The molecule has 1 aliphatic heterocycles. The second-order valence-electron chi connectivity index (χ2n) is 5.76. The van der Waals surface area contributed by atoms with Gasteiger partial charge >= 0.3 is 0 Å². The van der Waals surface area contributed by atoms with E-state index < -0.39 is 0 Å². The Morgan fingerprint density at radius 3 is 3.10 bits per heavy atom. The maximum atomic E-state index is 5.86. The molecule has 1 N–H and O–H groups in total. The molecule has 0 aliphatic carbocycles. The van der Waals surface area contributed by atoms with E-state index in [2.05, 4.69) is 42.3 Å². The predicted molar refractivity (Wildman–Crippen MR) is 84.4 cm³/mol. The van der Waals surface area contributed by atoms with E-state index in [-0.39, 0.29) is 0 Å². The first-order valence-corrected chi connectivity index (χ1v) is 7.93. The van der Waals surface area contributed by atoms with Crippen molar-refractivity contribution in [1.82, 2.24) is 10.2 Å². The smallest absolute Gasteiger partial charge is 0.119 e. The molecule has 1 aromatic rings. The summed E-state index contributed by atoms with van der Waals surface area (Å²) >= 11 is 0. The summed E-state index contributed by atoms with van der Waals surface area (Å²) in [4.78, 5) is 2.54. The molecule has 20 heavy (non-hydrogen) atoms. The summed E-state index contributed by atoms with van der Waals surface area (Å²) in [5, 5.41) is 3.65. The Balaban J connectivity index is 1.74. The first-order valence-electron chi connectivity index (χ1n) is 7.93. The van der Waals surface area contributed by atoms with Crippen molar-refractivity contribution in [1.29, 1.82) is 0 Å². The second kappa shape index (κ2) is 8.28. The fraction of sp³-hybridized carbons (Fsp3) is 0.647. The minimum absolute atomic E-state index is 0.654. The zero-order chi connectivity index (χ0) is 14.2. The highest BCUT2D eigenvalue weighted by Crippen LogP contribution is 2.12. The maximum absolute atomic E-state index is 5.86. The summed E-state index contributed by atoms with van der Waals surface area (Å²) in [6.45, 7) is 9.66. The third-order valence-electron chi connectivity index (χ3n) is 3.87. The van der Waals surface area contributed by atoms with Crippen molar-refractivity contribution < 1.29 is 4.74 Å². The van der Waals surface area contributed by atoms with Crippen molar-refractivity contribution in [2.24, 2.45) is 0 Å². The highest BCUT2D eigenvalue weighted by Gasteiger charge is 2.16. The molecule has 1 aliphatic rings. The van der Waals surface area contributed by atoms with E-state index in [0.717, 1.165) is 32.0 Å². The first-order chi connectivity index (χ1) is 9.78. The minimum atomic E-state index is 0.654. The maximum Gasteiger partial charge on any atom is 0.119 e. The number of rotatable bonds is 6. The van der Waals surface area contributed by atoms with Crippen molar-refractivity contribution in [3.05, 3.63) is 29.8 Å². The summed E-state index contributed by atoms with van der Waals surface area (Å²) in [7, 11) is 0. The summed E-state index contributed by atoms with van der Waals surface area (Å²) in [6.07, 6.45) is 3.77. The van der Waals surface area contributed by atoms with Gasteiger partial charge in [0.15, 0.2) is 0 Å². The predicted octanol–water partition coefficient (Wildman–Crippen LogP) is 2.84. The van der Waals surface area contributed by atoms with Gasteiger partial charge in [0.1, 0.15) is 12.4 Å². The third-order valence-corrected chi connectivity index (χ3v) is 3.87. The molecule has 1 heterocycles. The summed E-state index contributed by atoms with van der Waals surface area (Å²) in [6, 6.07) is 8.95. The summed E-state index contributed by atoms with van der Waals surface area (Å²) < 4.78 is 5.86. The van der Waals surface area contributed by atoms with Crippen LogP contribution in [0, 0.1) is 6.92 Å². The second-order valence-corrected chi connectivity index (χ2v) is 5.76. The van der Waals surface area contributed by atoms with Gasteiger partial charge in [-0.2, -0.15) is 0 Å². The molecule has 0 radical (unpaired) electrons. The fourth-order valence-electron chi connectivity index (χ4n) is 2.82. The van der Waals surface area contributed by atoms with Crippen molar-refractivity contribution >= 4 is 0 Å². The lowest BCUT2D eigenvalue weighted by Gasteiger charge is -2.24. The molecule has 3 heteroatoms. The van der Waals surface area contributed by atoms with E-state index in [1.54, 1.807) is 0 Å². The van der Waals surface area contributed by atoms with Gasteiger partial charge in [-0.1, -0.05) is 25.5 Å². The SMILES string of the molecule is CCCC1CN(CCOc2cccc(C)c2)CCCN1. The minimum Gasteiger partial charge on any atom is -0.492 e. The van der Waals surface area contributed by atoms with E-state index in [1.165, 1.54) is 31.4 Å². The van der Waals surface area contributed by atoms with Gasteiger partial charge in [-0.3, -0.25) is 4.90 Å². The highest BCUT2D eigenvalue weighted by atomic mass is 16.5. The van der Waals surface area contributed by atoms with Gasteiger partial charge in [0.2, 0.25) is 0 Å². The molecule has 112 valence electrons. The molecule has 1 fully saturated rings. The Labute approximate surface area is 123 Å². The zero-order valence-electron chi connectivity index (χ0n) is 12.9. The van der Waals surface area contributed by atoms with Gasteiger partial charge in [0.05, 0.1) is 0 Å². The molecule has 1 atom stereocenters. The normalized spacial score (nSPS) is 20.6. The van der Waals surface area contributed by atoms with Gasteiger partial charge in [0, 0.05) is 19.1 Å². The number of hydrogen-bond acceptors (Lipinski definition) is 3. The van der Waals surface area contributed by atoms with Gasteiger partial charge in [-0.15, -0.1) is 0 Å². The van der Waals surface area contributed by atoms with Crippen LogP contribution in [0.15, 0.2) is 24.3 Å². The van der Waals surface area contributed by atoms with Crippen LogP contribution in [0.25, 0.3) is 0 Å². The van der Waals surface area contributed by atoms with Crippen LogP contribution in [0.3, 0.4) is 0 Å². The van der Waals surface area contributed by atoms with Crippen molar-refractivity contribution in [3.8, 4) is 5.75 Å². The Bertz CT molecular complexity index is 394. The molecule has 0 spiro atoms. The Kier molecular flexibility index (Phi) is 6.34. The Morgan fingerprint density at radius 1 is 1.40 bits per heavy atom. The van der Waals surface area contributed by atoms with Crippen molar-refractivity contribution in [3.63, 3.8) is 0 Å². The fourth-order valence-corrected chi connectivity index (χ4v) is 2.82. The first kappa shape index (κ1) is 15.3. The standard InChI is InChI=1S/C17H28N2O/c1-3-6-16-14-19(10-5-9-18-16)11-12-20-17-8-4-7-15(2)13-17/h4,7-8,13,16,18H,3,5-6,9-12,14H2,1-2H3. The quantitative estimate of drug-likeness (QED) is 0.864. The molecule has 3 nitrogen and oxygen atoms in total. The van der Waals surface area contributed by atoms with E-state index in [4.69, 9.17) is 4.74 Å². The van der Waals surface area contributed by atoms with Gasteiger partial charge in [-0.25, -0.2) is 0 Å². The molecular formula is C17H28N2O. The molecule has 2 rings (SSSR count). The number of nitrogens with one attached hydrogen (secondary N) is 1. The number of hydrogen-bond donors (Lipinski definition) is 1. The molecule has 1 saturated heterocycles. The van der Waals surface area contributed by atoms with Crippen molar-refractivity contribution in [2.45, 2.75) is 39.2 Å². The van der Waals surface area contributed by atoms with E-state index in [0.29, 0.717) is 6.04 Å². The largest absolute Gasteiger partial charge is 0.492 e. The lowest BCUT2D eigenvalue weighted by Crippen LogP contribution is -2.39. The summed E-state index contributed by atoms with van der Waals surface area (Å²) in [5.41, 5.74) is 1.25. The van der Waals surface area contributed by atoms with Crippen molar-refractivity contribution in [2.75, 3.05) is 32.8 Å². The van der Waals surface area contributed by atoms with Gasteiger partial charge in [0.25, 0.3) is 0 Å². The lowest BCUT2D eigenvalue weighted by atomic mass is 10.1. The van der Waals surface area contributed by atoms with Crippen LogP contribution >= 0.6 is 0 Å². The molecule has 1 unspecified atom stereocenters. The van der Waals surface area contributed by atoms with Crippen LogP contribution in [0.1, 0.15) is 31.7 Å². The molecular weight excluding hydrogens is 248 g/mol. The van der Waals surface area contributed by atoms with Crippen LogP contribution in [0.5, 0.6) is 5.75 Å². The van der Waals surface area contributed by atoms with Crippen LogP contribution < -0.4 is 10.1 Å². The van der Waals surface area contributed by atoms with Gasteiger partial charge in [-0.05, 0) is 50.6 Å². The number of aryl methyl sites for hydroxylation is 1. The topological polar surface area (TPSA) is 24.5 Å². The molecule has 0 saturated carbocycles. The van der Waals surface area contributed by atoms with Gasteiger partial charge < -0.3 is 10.1 Å². The number of nitrogens with zero attached hydrogens (tertiary/aromatic N) is 1. The van der Waals surface area contributed by atoms with E-state index >= 15 is 0 Å². The molecule has 0 aromatic heterocycles. The van der Waals surface area contributed by atoms with Crippen LogP contribution in [-0.2, 0) is 0 Å². The lowest BCUT2D eigenvalue weighted by molar-refractivity contribution is 0.204. The summed E-state index contributed by atoms with van der Waals surface area (Å²) in [5.74, 6) is 0.989. The van der Waals surface area contributed by atoms with Crippen LogP contribution in [-0.4, -0.2) is 43.7 Å². The average molecular weight is 276 g/mol. The third kappa shape index (κ3) is 5.14.